The van der Waals surface area contributed by atoms with Crippen molar-refractivity contribution in [3.05, 3.63) is 22.9 Å². The highest BCUT2D eigenvalue weighted by Crippen LogP contribution is 2.38. The Hall–Kier alpha value is -0.800. The molecule has 1 fully saturated rings. The summed E-state index contributed by atoms with van der Waals surface area (Å²) in [6.07, 6.45) is 7.22. The fourth-order valence-electron chi connectivity index (χ4n) is 3.37. The largest absolute Gasteiger partial charge is 0.402 e. The van der Waals surface area contributed by atoms with Gasteiger partial charge < -0.3 is 16.2 Å². The first kappa shape index (κ1) is 10.4. The second kappa shape index (κ2) is 3.90. The van der Waals surface area contributed by atoms with Crippen LogP contribution in [0.2, 0.25) is 0 Å². The van der Waals surface area contributed by atoms with Crippen LogP contribution in [0.4, 0.5) is 0 Å². The molecule has 3 unspecified atom stereocenters. The summed E-state index contributed by atoms with van der Waals surface area (Å²) < 4.78 is 0. The number of hydrogen-bond acceptors (Lipinski definition) is 3. The molecule has 3 nitrogen and oxygen atoms in total. The van der Waals surface area contributed by atoms with E-state index in [0.717, 1.165) is 44.3 Å². The predicted molar refractivity (Wildman–Crippen MR) is 63.7 cm³/mol. The number of allylic oxidation sites excluding steroid dienone is 2. The molecule has 3 atom stereocenters. The predicted octanol–water partition coefficient (Wildman–Crippen LogP) is 1.05. The summed E-state index contributed by atoms with van der Waals surface area (Å²) in [5, 5.41) is 13.7. The van der Waals surface area contributed by atoms with Gasteiger partial charge in [-0.25, -0.2) is 0 Å². The normalized spacial score (nSPS) is 38.8. The van der Waals surface area contributed by atoms with E-state index in [9.17, 15) is 5.11 Å². The van der Waals surface area contributed by atoms with Crippen LogP contribution in [-0.2, 0) is 0 Å². The van der Waals surface area contributed by atoms with Crippen molar-refractivity contribution in [3.63, 3.8) is 0 Å². The zero-order chi connectivity index (χ0) is 11.1. The second-order valence-corrected chi connectivity index (χ2v) is 5.27. The quantitative estimate of drug-likeness (QED) is 0.572. The lowest BCUT2D eigenvalue weighted by Crippen LogP contribution is -2.47. The number of aliphatic hydroxyl groups is 1. The first-order valence-electron chi connectivity index (χ1n) is 6.37. The summed E-state index contributed by atoms with van der Waals surface area (Å²) in [4.78, 5) is 0. The van der Waals surface area contributed by atoms with Crippen molar-refractivity contribution < 1.29 is 5.11 Å². The smallest absolute Gasteiger partial charge is 0.0771 e. The Morgan fingerprint density at radius 3 is 3.06 bits per heavy atom. The fourth-order valence-corrected chi connectivity index (χ4v) is 3.37. The van der Waals surface area contributed by atoms with Gasteiger partial charge in [-0.05, 0) is 55.2 Å². The standard InChI is InChI=1S/C13H20N2O/c14-9-5-4-8-7-15-11-2-1-3-12(16)13(11)10(8)6-9/h6,8,11-12,15-16H,1-5,7,14H2. The van der Waals surface area contributed by atoms with Gasteiger partial charge in [-0.15, -0.1) is 0 Å². The van der Waals surface area contributed by atoms with Gasteiger partial charge >= 0.3 is 0 Å². The monoisotopic (exact) mass is 220 g/mol. The number of nitrogens with two attached hydrogens (primary N) is 1. The second-order valence-electron chi connectivity index (χ2n) is 5.27. The van der Waals surface area contributed by atoms with Crippen LogP contribution in [0.1, 0.15) is 32.1 Å². The summed E-state index contributed by atoms with van der Waals surface area (Å²) >= 11 is 0. The first-order chi connectivity index (χ1) is 7.75. The minimum absolute atomic E-state index is 0.244. The molecule has 3 rings (SSSR count). The average molecular weight is 220 g/mol. The summed E-state index contributed by atoms with van der Waals surface area (Å²) in [6.45, 7) is 1.06. The third-order valence-corrected chi connectivity index (χ3v) is 4.21. The maximum Gasteiger partial charge on any atom is 0.0771 e. The minimum Gasteiger partial charge on any atom is -0.402 e. The van der Waals surface area contributed by atoms with Gasteiger partial charge in [-0.1, -0.05) is 0 Å². The van der Waals surface area contributed by atoms with E-state index in [-0.39, 0.29) is 6.10 Å². The molecule has 1 heterocycles. The topological polar surface area (TPSA) is 58.3 Å². The Kier molecular flexibility index (Phi) is 2.52. The Morgan fingerprint density at radius 2 is 2.19 bits per heavy atom. The van der Waals surface area contributed by atoms with E-state index in [0.29, 0.717) is 12.0 Å². The zero-order valence-corrected chi connectivity index (χ0v) is 9.58. The van der Waals surface area contributed by atoms with E-state index in [4.69, 9.17) is 5.73 Å². The molecular formula is C13H20N2O. The van der Waals surface area contributed by atoms with Crippen LogP contribution in [0.25, 0.3) is 0 Å². The SMILES string of the molecule is NC1=CC2=C3C(O)CCCC3NCC2CC1. The molecule has 2 aliphatic carbocycles. The summed E-state index contributed by atoms with van der Waals surface area (Å²) in [6, 6.07) is 0.400. The van der Waals surface area contributed by atoms with E-state index in [1.54, 1.807) is 0 Å². The van der Waals surface area contributed by atoms with Crippen molar-refractivity contribution >= 4 is 0 Å². The highest BCUT2D eigenvalue weighted by Gasteiger charge is 2.35. The lowest BCUT2D eigenvalue weighted by Gasteiger charge is -2.40. The van der Waals surface area contributed by atoms with Gasteiger partial charge in [0.05, 0.1) is 6.10 Å². The number of rotatable bonds is 0. The van der Waals surface area contributed by atoms with Gasteiger partial charge in [0, 0.05) is 18.3 Å². The number of aliphatic hydroxyl groups excluding tert-OH is 1. The van der Waals surface area contributed by atoms with E-state index in [1.165, 1.54) is 11.1 Å². The van der Waals surface area contributed by atoms with Crippen molar-refractivity contribution in [3.8, 4) is 0 Å². The molecule has 88 valence electrons. The maximum absolute atomic E-state index is 10.2. The highest BCUT2D eigenvalue weighted by atomic mass is 16.3. The molecule has 0 aromatic rings. The Labute approximate surface area is 96.4 Å². The van der Waals surface area contributed by atoms with Crippen LogP contribution in [-0.4, -0.2) is 23.8 Å². The third-order valence-electron chi connectivity index (χ3n) is 4.21. The molecule has 1 saturated carbocycles. The van der Waals surface area contributed by atoms with E-state index < -0.39 is 0 Å². The Bertz CT molecular complexity index is 359. The van der Waals surface area contributed by atoms with Crippen LogP contribution in [0.15, 0.2) is 22.9 Å². The van der Waals surface area contributed by atoms with Gasteiger partial charge in [-0.2, -0.15) is 0 Å². The van der Waals surface area contributed by atoms with Crippen molar-refractivity contribution in [1.82, 2.24) is 5.32 Å². The van der Waals surface area contributed by atoms with Crippen LogP contribution >= 0.6 is 0 Å². The number of nitrogens with one attached hydrogen (secondary N) is 1. The van der Waals surface area contributed by atoms with Gasteiger partial charge in [-0.3, -0.25) is 0 Å². The minimum atomic E-state index is -0.244. The van der Waals surface area contributed by atoms with Crippen LogP contribution in [0.5, 0.6) is 0 Å². The van der Waals surface area contributed by atoms with Crippen molar-refractivity contribution in [2.24, 2.45) is 11.7 Å². The average Bonchev–Trinajstić information content (AvgIpc) is 2.28. The van der Waals surface area contributed by atoms with Crippen LogP contribution < -0.4 is 11.1 Å². The highest BCUT2D eigenvalue weighted by molar-refractivity contribution is 5.40. The van der Waals surface area contributed by atoms with Crippen molar-refractivity contribution in [2.75, 3.05) is 6.54 Å². The molecular weight excluding hydrogens is 200 g/mol. The molecule has 3 heteroatoms. The zero-order valence-electron chi connectivity index (χ0n) is 9.58. The molecule has 0 amide bonds. The lowest BCUT2D eigenvalue weighted by atomic mass is 9.74. The summed E-state index contributed by atoms with van der Waals surface area (Å²) in [7, 11) is 0. The molecule has 16 heavy (non-hydrogen) atoms. The van der Waals surface area contributed by atoms with Gasteiger partial charge in [0.1, 0.15) is 0 Å². The molecule has 0 radical (unpaired) electrons. The molecule has 0 saturated heterocycles. The van der Waals surface area contributed by atoms with Gasteiger partial charge in [0.2, 0.25) is 0 Å². The van der Waals surface area contributed by atoms with Crippen LogP contribution in [0.3, 0.4) is 0 Å². The van der Waals surface area contributed by atoms with Crippen molar-refractivity contribution in [2.45, 2.75) is 44.2 Å². The number of fused-ring (bicyclic) bond motifs is 2. The molecule has 3 aliphatic rings. The molecule has 0 aromatic heterocycles. The molecule has 0 bridgehead atoms. The lowest BCUT2D eigenvalue weighted by molar-refractivity contribution is 0.156. The van der Waals surface area contributed by atoms with E-state index in [1.807, 2.05) is 0 Å². The Morgan fingerprint density at radius 1 is 1.31 bits per heavy atom. The molecule has 4 N–H and O–H groups in total. The van der Waals surface area contributed by atoms with Crippen molar-refractivity contribution in [1.29, 1.82) is 0 Å². The summed E-state index contributed by atoms with van der Waals surface area (Å²) in [5.41, 5.74) is 9.51. The summed E-state index contributed by atoms with van der Waals surface area (Å²) in [5.74, 6) is 0.575. The van der Waals surface area contributed by atoms with E-state index in [2.05, 4.69) is 11.4 Å². The van der Waals surface area contributed by atoms with Gasteiger partial charge in [0.25, 0.3) is 0 Å². The molecule has 0 spiro atoms. The molecule has 1 aliphatic heterocycles. The number of hydrogen-bond donors (Lipinski definition) is 3. The van der Waals surface area contributed by atoms with E-state index >= 15 is 0 Å². The third kappa shape index (κ3) is 1.59. The van der Waals surface area contributed by atoms with Crippen LogP contribution in [0, 0.1) is 5.92 Å². The molecule has 0 aromatic carbocycles. The first-order valence-corrected chi connectivity index (χ1v) is 6.37. The Balaban J connectivity index is 2.04. The fraction of sp³-hybridized carbons (Fsp3) is 0.692. The maximum atomic E-state index is 10.2. The van der Waals surface area contributed by atoms with Gasteiger partial charge in [0.15, 0.2) is 0 Å².